The summed E-state index contributed by atoms with van der Waals surface area (Å²) >= 11 is 0. The summed E-state index contributed by atoms with van der Waals surface area (Å²) in [4.78, 5) is 16.1. The second kappa shape index (κ2) is 4.56. The minimum Gasteiger partial charge on any atom is -0.395 e. The molecule has 98 valence electrons. The average Bonchev–Trinajstić information content (AvgIpc) is 2.67. The highest BCUT2D eigenvalue weighted by molar-refractivity contribution is 7.89. The van der Waals surface area contributed by atoms with E-state index in [1.165, 1.54) is 18.2 Å². The molecule has 1 aromatic heterocycles. The van der Waals surface area contributed by atoms with Crippen LogP contribution in [0.1, 0.15) is 6.92 Å². The number of hydrogen-bond acceptors (Lipinski definition) is 4. The first-order chi connectivity index (χ1) is 8.42. The van der Waals surface area contributed by atoms with Crippen LogP contribution in [0.4, 0.5) is 0 Å². The summed E-state index contributed by atoms with van der Waals surface area (Å²) < 4.78 is 26.2. The van der Waals surface area contributed by atoms with Crippen molar-refractivity contribution in [3.63, 3.8) is 0 Å². The first kappa shape index (κ1) is 12.8. The fourth-order valence-electron chi connectivity index (χ4n) is 1.55. The Morgan fingerprint density at radius 1 is 1.33 bits per heavy atom. The molecular formula is C10H13N3O4S. The number of hydrogen-bond donors (Lipinski definition) is 4. The predicted molar refractivity (Wildman–Crippen MR) is 65.8 cm³/mol. The molecule has 18 heavy (non-hydrogen) atoms. The molecule has 2 aromatic rings. The lowest BCUT2D eigenvalue weighted by atomic mass is 10.3. The lowest BCUT2D eigenvalue weighted by molar-refractivity contribution is 0.265. The van der Waals surface area contributed by atoms with Crippen LogP contribution < -0.4 is 10.4 Å². The van der Waals surface area contributed by atoms with E-state index in [0.717, 1.165) is 0 Å². The van der Waals surface area contributed by atoms with Crippen molar-refractivity contribution in [1.29, 1.82) is 0 Å². The van der Waals surface area contributed by atoms with Crippen molar-refractivity contribution in [2.75, 3.05) is 6.61 Å². The number of fused-ring (bicyclic) bond motifs is 1. The predicted octanol–water partition coefficient (Wildman–Crippen LogP) is -0.485. The van der Waals surface area contributed by atoms with Crippen LogP contribution in [0.5, 0.6) is 0 Å². The maximum Gasteiger partial charge on any atom is 0.323 e. The average molecular weight is 271 g/mol. The zero-order valence-corrected chi connectivity index (χ0v) is 10.4. The monoisotopic (exact) mass is 271 g/mol. The molecule has 0 aliphatic heterocycles. The van der Waals surface area contributed by atoms with Crippen LogP contribution in [-0.2, 0) is 10.0 Å². The lowest BCUT2D eigenvalue weighted by Crippen LogP contribution is -2.34. The Morgan fingerprint density at radius 3 is 2.67 bits per heavy atom. The molecule has 0 spiro atoms. The number of sulfonamides is 1. The highest BCUT2D eigenvalue weighted by atomic mass is 32.2. The molecule has 0 radical (unpaired) electrons. The number of aromatic amines is 2. The number of aromatic nitrogens is 2. The van der Waals surface area contributed by atoms with Gasteiger partial charge in [-0.2, -0.15) is 0 Å². The standard InChI is InChI=1S/C10H13N3O4S/c1-6(5-14)13-18(16,17)7-2-3-8-9(4-7)12-10(15)11-8/h2-4,6,13-14H,5H2,1H3,(H2,11,12,15). The molecule has 4 N–H and O–H groups in total. The van der Waals surface area contributed by atoms with Crippen LogP contribution in [0.3, 0.4) is 0 Å². The summed E-state index contributed by atoms with van der Waals surface area (Å²) in [7, 11) is -3.70. The number of aliphatic hydroxyl groups excluding tert-OH is 1. The zero-order valence-electron chi connectivity index (χ0n) is 9.60. The first-order valence-corrected chi connectivity index (χ1v) is 6.76. The Bertz CT molecular complexity index is 716. The molecule has 0 amide bonds. The van der Waals surface area contributed by atoms with Gasteiger partial charge < -0.3 is 15.1 Å². The highest BCUT2D eigenvalue weighted by Crippen LogP contribution is 2.15. The maximum absolute atomic E-state index is 11.9. The molecule has 0 saturated carbocycles. The van der Waals surface area contributed by atoms with Crippen LogP contribution in [0.25, 0.3) is 11.0 Å². The van der Waals surface area contributed by atoms with Gasteiger partial charge in [0.1, 0.15) is 0 Å². The van der Waals surface area contributed by atoms with Gasteiger partial charge in [0.15, 0.2) is 0 Å². The van der Waals surface area contributed by atoms with Crippen LogP contribution in [0.2, 0.25) is 0 Å². The summed E-state index contributed by atoms with van der Waals surface area (Å²) in [5, 5.41) is 8.84. The second-order valence-corrected chi connectivity index (χ2v) is 5.71. The number of nitrogens with one attached hydrogen (secondary N) is 3. The number of imidazole rings is 1. The molecule has 2 rings (SSSR count). The third kappa shape index (κ3) is 2.45. The van der Waals surface area contributed by atoms with Gasteiger partial charge >= 0.3 is 5.69 Å². The van der Waals surface area contributed by atoms with E-state index < -0.39 is 21.8 Å². The third-order valence-corrected chi connectivity index (χ3v) is 4.02. The molecule has 1 atom stereocenters. The normalized spacial score (nSPS) is 13.9. The van der Waals surface area contributed by atoms with E-state index in [0.29, 0.717) is 11.0 Å². The largest absolute Gasteiger partial charge is 0.395 e. The molecule has 7 nitrogen and oxygen atoms in total. The van der Waals surface area contributed by atoms with Gasteiger partial charge in [0.2, 0.25) is 10.0 Å². The van der Waals surface area contributed by atoms with Gasteiger partial charge in [-0.1, -0.05) is 0 Å². The van der Waals surface area contributed by atoms with Crippen molar-refractivity contribution < 1.29 is 13.5 Å². The van der Waals surface area contributed by atoms with E-state index in [1.54, 1.807) is 6.92 Å². The van der Waals surface area contributed by atoms with Crippen molar-refractivity contribution in [3.05, 3.63) is 28.7 Å². The van der Waals surface area contributed by atoms with Gasteiger partial charge in [-0.3, -0.25) is 0 Å². The molecule has 0 bridgehead atoms. The third-order valence-electron chi connectivity index (χ3n) is 2.43. The van der Waals surface area contributed by atoms with Crippen molar-refractivity contribution in [2.45, 2.75) is 17.9 Å². The minimum absolute atomic E-state index is 0.0329. The van der Waals surface area contributed by atoms with Gasteiger partial charge in [-0.25, -0.2) is 17.9 Å². The Hall–Kier alpha value is -1.64. The van der Waals surface area contributed by atoms with E-state index in [2.05, 4.69) is 14.7 Å². The Morgan fingerprint density at radius 2 is 2.00 bits per heavy atom. The van der Waals surface area contributed by atoms with Crippen molar-refractivity contribution in [3.8, 4) is 0 Å². The van der Waals surface area contributed by atoms with E-state index in [4.69, 9.17) is 5.11 Å². The van der Waals surface area contributed by atoms with Gasteiger partial charge in [-0.15, -0.1) is 0 Å². The quantitative estimate of drug-likeness (QED) is 0.601. The van der Waals surface area contributed by atoms with E-state index in [9.17, 15) is 13.2 Å². The summed E-state index contributed by atoms with van der Waals surface area (Å²) in [6.45, 7) is 1.26. The molecular weight excluding hydrogens is 258 g/mol. The fraction of sp³-hybridized carbons (Fsp3) is 0.300. The highest BCUT2D eigenvalue weighted by Gasteiger charge is 2.17. The molecule has 1 heterocycles. The van der Waals surface area contributed by atoms with E-state index in [1.807, 2.05) is 0 Å². The van der Waals surface area contributed by atoms with Crippen molar-refractivity contribution in [2.24, 2.45) is 0 Å². The summed E-state index contributed by atoms with van der Waals surface area (Å²) in [5.74, 6) is 0. The molecule has 8 heteroatoms. The van der Waals surface area contributed by atoms with Crippen molar-refractivity contribution in [1.82, 2.24) is 14.7 Å². The Balaban J connectivity index is 2.44. The van der Waals surface area contributed by atoms with Gasteiger partial charge in [-0.05, 0) is 25.1 Å². The fourth-order valence-corrected chi connectivity index (χ4v) is 2.81. The lowest BCUT2D eigenvalue weighted by Gasteiger charge is -2.11. The van der Waals surface area contributed by atoms with E-state index >= 15 is 0 Å². The zero-order chi connectivity index (χ0) is 13.3. The SMILES string of the molecule is CC(CO)NS(=O)(=O)c1ccc2[nH]c(=O)[nH]c2c1. The summed E-state index contributed by atoms with van der Waals surface area (Å²) in [6.07, 6.45) is 0. The van der Waals surface area contributed by atoms with Gasteiger partial charge in [0.25, 0.3) is 0 Å². The second-order valence-electron chi connectivity index (χ2n) is 3.99. The van der Waals surface area contributed by atoms with Crippen LogP contribution in [-0.4, -0.2) is 36.1 Å². The molecule has 0 aliphatic carbocycles. The van der Waals surface area contributed by atoms with Crippen molar-refractivity contribution >= 4 is 21.1 Å². The molecule has 0 saturated heterocycles. The smallest absolute Gasteiger partial charge is 0.323 e. The molecule has 0 fully saturated rings. The number of aliphatic hydroxyl groups is 1. The molecule has 0 aliphatic rings. The topological polar surface area (TPSA) is 115 Å². The minimum atomic E-state index is -3.70. The number of benzene rings is 1. The van der Waals surface area contributed by atoms with E-state index in [-0.39, 0.29) is 11.5 Å². The number of H-pyrrole nitrogens is 2. The summed E-state index contributed by atoms with van der Waals surface area (Å²) in [5.41, 5.74) is 0.560. The van der Waals surface area contributed by atoms with Gasteiger partial charge in [0, 0.05) is 6.04 Å². The molecule has 1 unspecified atom stereocenters. The van der Waals surface area contributed by atoms with Gasteiger partial charge in [0.05, 0.1) is 22.5 Å². The Labute approximate surface area is 103 Å². The first-order valence-electron chi connectivity index (χ1n) is 5.27. The Kier molecular flexibility index (Phi) is 3.24. The maximum atomic E-state index is 11.9. The summed E-state index contributed by atoms with van der Waals surface area (Å²) in [6, 6.07) is 3.68. The van der Waals surface area contributed by atoms with Crippen LogP contribution in [0.15, 0.2) is 27.9 Å². The number of rotatable bonds is 4. The van der Waals surface area contributed by atoms with Crippen LogP contribution in [0, 0.1) is 0 Å². The van der Waals surface area contributed by atoms with Crippen LogP contribution >= 0.6 is 0 Å². The molecule has 1 aromatic carbocycles.